The van der Waals surface area contributed by atoms with Gasteiger partial charge in [0.1, 0.15) is 0 Å². The minimum absolute atomic E-state index is 0.0725. The maximum absolute atomic E-state index is 11.9. The van der Waals surface area contributed by atoms with E-state index in [1.165, 1.54) is 0 Å². The first-order valence-electron chi connectivity index (χ1n) is 7.13. The first-order valence-corrected chi connectivity index (χ1v) is 7.51. The van der Waals surface area contributed by atoms with Crippen LogP contribution in [0.3, 0.4) is 0 Å². The Labute approximate surface area is 131 Å². The number of nitrogens with zero attached hydrogens (tertiary/aromatic N) is 1. The van der Waals surface area contributed by atoms with E-state index < -0.39 is 0 Å². The lowest BCUT2D eigenvalue weighted by Crippen LogP contribution is -2.34. The van der Waals surface area contributed by atoms with Gasteiger partial charge in [-0.25, -0.2) is 0 Å². The minimum atomic E-state index is -0.0725. The molecule has 0 saturated carbocycles. The molecule has 0 aliphatic carbocycles. The van der Waals surface area contributed by atoms with Gasteiger partial charge in [0.25, 0.3) is 0 Å². The molecular formula is C15H24ClN3O2. The smallest absolute Gasteiger partial charge is 0.224 e. The Kier molecular flexibility index (Phi) is 7.50. The van der Waals surface area contributed by atoms with E-state index in [4.69, 9.17) is 22.4 Å². The summed E-state index contributed by atoms with van der Waals surface area (Å²) in [6, 6.07) is 5.35. The Bertz CT molecular complexity index is 466. The molecule has 0 unspecified atom stereocenters. The summed E-state index contributed by atoms with van der Waals surface area (Å²) in [6.45, 7) is 5.69. The zero-order valence-corrected chi connectivity index (χ0v) is 13.4. The second kappa shape index (κ2) is 8.87. The van der Waals surface area contributed by atoms with Gasteiger partial charge in [-0.1, -0.05) is 11.6 Å². The fourth-order valence-electron chi connectivity index (χ4n) is 2.06. The number of hydrogen-bond acceptors (Lipinski definition) is 4. The lowest BCUT2D eigenvalue weighted by molar-refractivity contribution is -0.116. The van der Waals surface area contributed by atoms with Crippen molar-refractivity contribution in [1.82, 2.24) is 4.90 Å². The maximum Gasteiger partial charge on any atom is 0.224 e. The molecule has 0 aliphatic heterocycles. The van der Waals surface area contributed by atoms with Gasteiger partial charge in [0.2, 0.25) is 5.91 Å². The number of nitrogen functional groups attached to an aromatic ring is 1. The number of nitrogens with one attached hydrogen (secondary N) is 1. The third-order valence-electron chi connectivity index (χ3n) is 3.25. The van der Waals surface area contributed by atoms with Crippen LogP contribution in [0.4, 0.5) is 11.4 Å². The predicted molar refractivity (Wildman–Crippen MR) is 87.5 cm³/mol. The number of carbonyl (C=O) groups excluding carboxylic acids is 1. The highest BCUT2D eigenvalue weighted by molar-refractivity contribution is 6.31. The molecule has 21 heavy (non-hydrogen) atoms. The van der Waals surface area contributed by atoms with Gasteiger partial charge in [0, 0.05) is 24.0 Å². The van der Waals surface area contributed by atoms with Crippen LogP contribution in [0.2, 0.25) is 5.02 Å². The molecular weight excluding hydrogens is 290 g/mol. The molecule has 1 amide bonds. The summed E-state index contributed by atoms with van der Waals surface area (Å²) < 4.78 is 0. The van der Waals surface area contributed by atoms with E-state index in [0.29, 0.717) is 35.4 Å². The van der Waals surface area contributed by atoms with Crippen LogP contribution in [-0.2, 0) is 4.79 Å². The Hall–Kier alpha value is -1.30. The van der Waals surface area contributed by atoms with Gasteiger partial charge in [-0.2, -0.15) is 0 Å². The molecule has 1 aromatic carbocycles. The Balaban J connectivity index is 2.40. The standard InChI is InChI=1S/C15H24ClN3O2/c1-11(2)19(8-9-20)7-3-4-15(21)18-14-6-5-12(16)10-13(14)17/h5-6,10-11,20H,3-4,7-9,17H2,1-2H3,(H,18,21). The molecule has 0 aliphatic rings. The van der Waals surface area contributed by atoms with Crippen LogP contribution < -0.4 is 11.1 Å². The number of hydrogen-bond donors (Lipinski definition) is 3. The highest BCUT2D eigenvalue weighted by Gasteiger charge is 2.10. The molecule has 0 fully saturated rings. The van der Waals surface area contributed by atoms with Crippen molar-refractivity contribution >= 4 is 28.9 Å². The van der Waals surface area contributed by atoms with Crippen LogP contribution in [0.1, 0.15) is 26.7 Å². The molecule has 1 aromatic rings. The highest BCUT2D eigenvalue weighted by atomic mass is 35.5. The summed E-state index contributed by atoms with van der Waals surface area (Å²) in [7, 11) is 0. The van der Waals surface area contributed by atoms with Gasteiger partial charge in [-0.05, 0) is 45.0 Å². The van der Waals surface area contributed by atoms with Crippen molar-refractivity contribution in [2.24, 2.45) is 0 Å². The Morgan fingerprint density at radius 1 is 1.43 bits per heavy atom. The number of aliphatic hydroxyl groups excluding tert-OH is 1. The van der Waals surface area contributed by atoms with Crippen LogP contribution in [0.5, 0.6) is 0 Å². The summed E-state index contributed by atoms with van der Waals surface area (Å²) in [4.78, 5) is 14.0. The first-order chi connectivity index (χ1) is 9.93. The number of rotatable bonds is 8. The van der Waals surface area contributed by atoms with Gasteiger partial charge in [-0.15, -0.1) is 0 Å². The van der Waals surface area contributed by atoms with Crippen LogP contribution in [-0.4, -0.2) is 41.7 Å². The Morgan fingerprint density at radius 2 is 2.14 bits per heavy atom. The van der Waals surface area contributed by atoms with Gasteiger partial charge in [-0.3, -0.25) is 9.69 Å². The number of anilines is 2. The van der Waals surface area contributed by atoms with E-state index in [2.05, 4.69) is 24.1 Å². The second-order valence-electron chi connectivity index (χ2n) is 5.24. The lowest BCUT2D eigenvalue weighted by Gasteiger charge is -2.25. The molecule has 0 aromatic heterocycles. The fraction of sp³-hybridized carbons (Fsp3) is 0.533. The molecule has 0 radical (unpaired) electrons. The van der Waals surface area contributed by atoms with Gasteiger partial charge >= 0.3 is 0 Å². The van der Waals surface area contributed by atoms with E-state index >= 15 is 0 Å². The minimum Gasteiger partial charge on any atom is -0.397 e. The third kappa shape index (κ3) is 6.33. The van der Waals surface area contributed by atoms with E-state index in [-0.39, 0.29) is 12.5 Å². The maximum atomic E-state index is 11.9. The second-order valence-corrected chi connectivity index (χ2v) is 5.67. The number of amides is 1. The number of aliphatic hydroxyl groups is 1. The van der Waals surface area contributed by atoms with Crippen LogP contribution in [0.25, 0.3) is 0 Å². The summed E-state index contributed by atoms with van der Waals surface area (Å²) in [5.74, 6) is -0.0725. The van der Waals surface area contributed by atoms with Crippen molar-refractivity contribution in [1.29, 1.82) is 0 Å². The molecule has 0 heterocycles. The number of halogens is 1. The van der Waals surface area contributed by atoms with Crippen molar-refractivity contribution in [3.63, 3.8) is 0 Å². The molecule has 5 nitrogen and oxygen atoms in total. The largest absolute Gasteiger partial charge is 0.397 e. The SMILES string of the molecule is CC(C)N(CCO)CCCC(=O)Nc1ccc(Cl)cc1N. The number of nitrogens with two attached hydrogens (primary N) is 1. The first kappa shape index (κ1) is 17.8. The van der Waals surface area contributed by atoms with E-state index in [0.717, 1.165) is 13.0 Å². The van der Waals surface area contributed by atoms with Crippen molar-refractivity contribution in [2.75, 3.05) is 30.7 Å². The van der Waals surface area contributed by atoms with Crippen LogP contribution >= 0.6 is 11.6 Å². The normalized spacial score (nSPS) is 11.1. The predicted octanol–water partition coefficient (Wildman–Crippen LogP) is 2.34. The summed E-state index contributed by atoms with van der Waals surface area (Å²) in [5, 5.41) is 12.3. The molecule has 0 spiro atoms. The molecule has 6 heteroatoms. The third-order valence-corrected chi connectivity index (χ3v) is 3.49. The van der Waals surface area contributed by atoms with E-state index in [1.807, 2.05) is 0 Å². The van der Waals surface area contributed by atoms with Crippen molar-refractivity contribution < 1.29 is 9.90 Å². The van der Waals surface area contributed by atoms with E-state index in [1.54, 1.807) is 18.2 Å². The van der Waals surface area contributed by atoms with Gasteiger partial charge in [0.15, 0.2) is 0 Å². The quantitative estimate of drug-likeness (QED) is 0.644. The zero-order chi connectivity index (χ0) is 15.8. The van der Waals surface area contributed by atoms with Crippen molar-refractivity contribution in [3.05, 3.63) is 23.2 Å². The van der Waals surface area contributed by atoms with Gasteiger partial charge < -0.3 is 16.2 Å². The summed E-state index contributed by atoms with van der Waals surface area (Å²) in [6.07, 6.45) is 1.15. The average Bonchev–Trinajstić information content (AvgIpc) is 2.41. The monoisotopic (exact) mass is 313 g/mol. The topological polar surface area (TPSA) is 78.6 Å². The van der Waals surface area contributed by atoms with Crippen LogP contribution in [0.15, 0.2) is 18.2 Å². The molecule has 1 rings (SSSR count). The average molecular weight is 314 g/mol. The van der Waals surface area contributed by atoms with Crippen molar-refractivity contribution in [3.8, 4) is 0 Å². The van der Waals surface area contributed by atoms with Crippen LogP contribution in [0, 0.1) is 0 Å². The van der Waals surface area contributed by atoms with E-state index in [9.17, 15) is 4.79 Å². The zero-order valence-electron chi connectivity index (χ0n) is 12.6. The number of benzene rings is 1. The molecule has 0 atom stereocenters. The Morgan fingerprint density at radius 3 is 2.71 bits per heavy atom. The van der Waals surface area contributed by atoms with Gasteiger partial charge in [0.05, 0.1) is 18.0 Å². The number of carbonyl (C=O) groups is 1. The molecule has 4 N–H and O–H groups in total. The lowest BCUT2D eigenvalue weighted by atomic mass is 10.2. The molecule has 0 saturated heterocycles. The fourth-order valence-corrected chi connectivity index (χ4v) is 2.24. The molecule has 0 bridgehead atoms. The highest BCUT2D eigenvalue weighted by Crippen LogP contribution is 2.22. The van der Waals surface area contributed by atoms with Crippen molar-refractivity contribution in [2.45, 2.75) is 32.7 Å². The summed E-state index contributed by atoms with van der Waals surface area (Å²) in [5.41, 5.74) is 6.83. The summed E-state index contributed by atoms with van der Waals surface area (Å²) >= 11 is 5.81. The molecule has 118 valence electrons.